The van der Waals surface area contributed by atoms with Crippen LogP contribution in [0.5, 0.6) is 0 Å². The summed E-state index contributed by atoms with van der Waals surface area (Å²) in [4.78, 5) is 21.1. The van der Waals surface area contributed by atoms with Crippen LogP contribution in [-0.2, 0) is 13.7 Å². The summed E-state index contributed by atoms with van der Waals surface area (Å²) in [6.07, 6.45) is 0. The van der Waals surface area contributed by atoms with Crippen LogP contribution in [0.1, 0.15) is 0 Å². The van der Waals surface area contributed by atoms with E-state index in [0.29, 0.717) is 0 Å². The van der Waals surface area contributed by atoms with E-state index < -0.39 is 26.1 Å². The van der Waals surface area contributed by atoms with Gasteiger partial charge in [-0.15, -0.1) is 0 Å². The van der Waals surface area contributed by atoms with Gasteiger partial charge in [-0.3, -0.25) is 0 Å². The van der Waals surface area contributed by atoms with Gasteiger partial charge in [0.1, 0.15) is 0 Å². The summed E-state index contributed by atoms with van der Waals surface area (Å²) in [7, 11) is -3.50. The molecule has 3 atom stereocenters. The molecule has 0 saturated heterocycles. The van der Waals surface area contributed by atoms with Crippen molar-refractivity contribution in [3.05, 3.63) is 0 Å². The zero-order valence-electron chi connectivity index (χ0n) is 4.07. The molecule has 0 heterocycles. The highest BCUT2D eigenvalue weighted by molar-refractivity contribution is 7.16. The number of rotatable bonds is 0. The maximum Gasteiger partial charge on any atom is 0.491 e. The minimum absolute atomic E-state index is 0. The van der Waals surface area contributed by atoms with Crippen molar-refractivity contribution in [3.8, 4) is 0 Å². The van der Waals surface area contributed by atoms with Crippen molar-refractivity contribution in [2.45, 2.75) is 0 Å². The van der Waals surface area contributed by atoms with Crippen LogP contribution in [0.25, 0.3) is 0 Å². The average molecular weight is 225 g/mol. The summed E-state index contributed by atoms with van der Waals surface area (Å²) in [6, 6.07) is 0. The van der Waals surface area contributed by atoms with Crippen LogP contribution in [-0.4, -0.2) is 32.0 Å². The van der Waals surface area contributed by atoms with Gasteiger partial charge in [-0.25, -0.2) is 0 Å². The van der Waals surface area contributed by atoms with Crippen LogP contribution in [0.4, 0.5) is 0 Å². The lowest BCUT2D eigenvalue weighted by molar-refractivity contribution is 0.523. The van der Waals surface area contributed by atoms with E-state index in [2.05, 4.69) is 0 Å². The van der Waals surface area contributed by atoms with Gasteiger partial charge in [0.15, 0.2) is 17.4 Å². The van der Waals surface area contributed by atoms with E-state index in [-0.39, 0.29) is 17.4 Å². The van der Waals surface area contributed by atoms with E-state index in [1.807, 2.05) is 0 Å². The van der Waals surface area contributed by atoms with Gasteiger partial charge in [0.25, 0.3) is 0 Å². The molecule has 0 aliphatic heterocycles. The summed E-state index contributed by atoms with van der Waals surface area (Å²) in [5, 5.41) is 0. The fraction of sp³-hybridized carbons (Fsp3) is 0. The second-order valence-electron chi connectivity index (χ2n) is 0.274. The molecule has 60 valence electrons. The minimum Gasteiger partial charge on any atom is -0.162 e. The average Bonchev–Trinajstić information content (AvgIpc) is 1.70. The van der Waals surface area contributed by atoms with E-state index >= 15 is 0 Å². The Labute approximate surface area is 72.3 Å². The lowest BCUT2D eigenvalue weighted by Gasteiger charge is -1.08. The van der Waals surface area contributed by atoms with Gasteiger partial charge in [-0.1, -0.05) is 0 Å². The fourth-order valence-corrected chi connectivity index (χ4v) is 0. The summed E-state index contributed by atoms with van der Waals surface area (Å²) in [5.41, 5.74) is 0. The third-order valence-corrected chi connectivity index (χ3v) is 0. The summed E-state index contributed by atoms with van der Waals surface area (Å²) < 4.78 is 25.5. The van der Waals surface area contributed by atoms with E-state index in [1.54, 1.807) is 0 Å². The van der Waals surface area contributed by atoms with E-state index in [0.717, 1.165) is 0 Å². The van der Waals surface area contributed by atoms with Gasteiger partial charge in [0.05, 0.1) is 0 Å². The molecule has 3 N–H and O–H groups in total. The standard InChI is InChI=1S/Al.3HO2P.3H/c;3*1-3-2;;;/h;3*3H;;;/p+3. The Morgan fingerprint density at radius 3 is 0.700 bits per heavy atom. The van der Waals surface area contributed by atoms with Gasteiger partial charge >= 0.3 is 26.1 Å². The Morgan fingerprint density at radius 1 is 0.700 bits per heavy atom. The molecule has 0 rings (SSSR count). The summed E-state index contributed by atoms with van der Waals surface area (Å²) in [6.45, 7) is 0. The molecule has 10 heavy (non-hydrogen) atoms. The first-order valence-corrected chi connectivity index (χ1v) is 3.85. The van der Waals surface area contributed by atoms with Crippen molar-refractivity contribution in [1.29, 1.82) is 0 Å². The first-order valence-electron chi connectivity index (χ1n) is 1.28. The zero-order chi connectivity index (χ0) is 8.12. The predicted molar refractivity (Wildman–Crippen MR) is 43.6 cm³/mol. The maximum atomic E-state index is 8.51. The molecule has 0 fully saturated rings. The lowest BCUT2D eigenvalue weighted by Crippen LogP contribution is -1.03. The van der Waals surface area contributed by atoms with Crippen molar-refractivity contribution in [1.82, 2.24) is 0 Å². The lowest BCUT2D eigenvalue weighted by atomic mass is 15.9. The van der Waals surface area contributed by atoms with E-state index in [1.165, 1.54) is 0 Å². The van der Waals surface area contributed by atoms with Gasteiger partial charge in [0, 0.05) is 0 Å². The van der Waals surface area contributed by atoms with Crippen LogP contribution < -0.4 is 0 Å². The topological polar surface area (TPSA) is 112 Å². The number of hydrogen-bond acceptors (Lipinski definition) is 3. The molecule has 0 aromatic rings. The molecular formula is H9AlO6P3+3. The fourth-order valence-electron chi connectivity index (χ4n) is 0. The molecule has 3 unspecified atom stereocenters. The van der Waals surface area contributed by atoms with Gasteiger partial charge in [-0.05, 0) is 13.7 Å². The van der Waals surface area contributed by atoms with Crippen LogP contribution in [0.15, 0.2) is 0 Å². The van der Waals surface area contributed by atoms with E-state index in [9.17, 15) is 0 Å². The molecule has 0 aromatic carbocycles. The summed E-state index contributed by atoms with van der Waals surface area (Å²) in [5.74, 6) is 0. The van der Waals surface area contributed by atoms with Gasteiger partial charge < -0.3 is 0 Å². The molecule has 0 bridgehead atoms. The van der Waals surface area contributed by atoms with Crippen molar-refractivity contribution in [3.63, 3.8) is 0 Å². The Balaban J connectivity index is -0.0000000257. The maximum absolute atomic E-state index is 8.51. The Bertz CT molecular complexity index is 49.7. The highest BCUT2D eigenvalue weighted by Gasteiger charge is 1.45. The van der Waals surface area contributed by atoms with Crippen LogP contribution >= 0.6 is 26.1 Å². The third-order valence-electron chi connectivity index (χ3n) is 0. The second kappa shape index (κ2) is 53.5. The van der Waals surface area contributed by atoms with Crippen molar-refractivity contribution in [2.75, 3.05) is 0 Å². The monoisotopic (exact) mass is 225 g/mol. The first kappa shape index (κ1) is 22.4. The quantitative estimate of drug-likeness (QED) is 0.344. The Kier molecular flexibility index (Phi) is 120. The molecule has 0 saturated carbocycles. The molecule has 0 aromatic heterocycles. The first-order chi connectivity index (χ1) is 4.24. The van der Waals surface area contributed by atoms with Crippen molar-refractivity contribution < 1.29 is 28.4 Å². The van der Waals surface area contributed by atoms with Crippen molar-refractivity contribution >= 4 is 43.4 Å². The van der Waals surface area contributed by atoms with E-state index in [4.69, 9.17) is 28.4 Å². The van der Waals surface area contributed by atoms with Crippen molar-refractivity contribution in [2.24, 2.45) is 0 Å². The smallest absolute Gasteiger partial charge is 0.162 e. The predicted octanol–water partition coefficient (Wildman–Crippen LogP) is -1.43. The second-order valence-corrected chi connectivity index (χ2v) is 0.822. The van der Waals surface area contributed by atoms with Gasteiger partial charge in [0.2, 0.25) is 0 Å². The summed E-state index contributed by atoms with van der Waals surface area (Å²) >= 11 is 0. The largest absolute Gasteiger partial charge is 0.491 e. The molecule has 6 nitrogen and oxygen atoms in total. The Morgan fingerprint density at radius 2 is 0.700 bits per heavy atom. The van der Waals surface area contributed by atoms with Crippen LogP contribution in [0, 0.1) is 0 Å². The normalized spacial score (nSPS) is 6.30. The molecular weight excluding hydrogens is 216 g/mol. The molecule has 0 amide bonds. The zero-order valence-corrected chi connectivity index (χ0v) is 7.07. The number of hydrogen-bond donors (Lipinski definition) is 3. The third kappa shape index (κ3) is 1020. The SMILES string of the molecule is O=[PH+]O.O=[PH+]O.O=[PH+]O.[AlH3]. The Hall–Kier alpha value is 0.712. The highest BCUT2D eigenvalue weighted by atomic mass is 31.1. The highest BCUT2D eigenvalue weighted by Crippen LogP contribution is 1.66. The van der Waals surface area contributed by atoms with Gasteiger partial charge in [-0.2, -0.15) is 14.7 Å². The molecule has 0 aliphatic carbocycles. The minimum atomic E-state index is -1.17. The molecule has 0 spiro atoms. The molecule has 0 aliphatic rings. The molecule has 10 heteroatoms. The van der Waals surface area contributed by atoms with Crippen LogP contribution in [0.3, 0.4) is 0 Å². The van der Waals surface area contributed by atoms with Crippen LogP contribution in [0.2, 0.25) is 0 Å². The molecule has 0 radical (unpaired) electrons.